The van der Waals surface area contributed by atoms with Gasteiger partial charge < -0.3 is 28.6 Å². The second kappa shape index (κ2) is 11.2. The van der Waals surface area contributed by atoms with Crippen LogP contribution in [0, 0.1) is 0 Å². The van der Waals surface area contributed by atoms with Crippen LogP contribution in [-0.4, -0.2) is 54.6 Å². The molecular formula is C30H34N4O5. The van der Waals surface area contributed by atoms with Crippen LogP contribution in [0.5, 0.6) is 11.5 Å². The SMILES string of the molecule is COCc1nn(Cc2ccc(CN3C=CC=CC4OC43)cc2)cc1C1OC1NCc1cc(OC)cc(OC)c1. The van der Waals surface area contributed by atoms with E-state index in [1.165, 1.54) is 11.1 Å². The van der Waals surface area contributed by atoms with E-state index in [2.05, 4.69) is 59.0 Å². The Balaban J connectivity index is 1.07. The molecule has 9 heteroatoms. The van der Waals surface area contributed by atoms with Gasteiger partial charge in [-0.25, -0.2) is 0 Å². The highest BCUT2D eigenvalue weighted by Crippen LogP contribution is 2.39. The molecule has 2 saturated heterocycles. The van der Waals surface area contributed by atoms with Gasteiger partial charge in [0.2, 0.25) is 0 Å². The predicted octanol–water partition coefficient (Wildman–Crippen LogP) is 3.89. The number of nitrogens with one attached hydrogen (secondary N) is 1. The average Bonchev–Trinajstić information content (AvgIpc) is 3.87. The zero-order chi connectivity index (χ0) is 26.8. The van der Waals surface area contributed by atoms with Gasteiger partial charge in [0.25, 0.3) is 0 Å². The molecule has 1 N–H and O–H groups in total. The fraction of sp³-hybridized carbons (Fsp3) is 0.367. The molecule has 2 aromatic carbocycles. The minimum absolute atomic E-state index is 0.0663. The Hall–Kier alpha value is -3.63. The number of methoxy groups -OCH3 is 3. The van der Waals surface area contributed by atoms with Crippen LogP contribution >= 0.6 is 0 Å². The second-order valence-corrected chi connectivity index (χ2v) is 9.95. The normalized spacial score (nSPS) is 22.9. The average molecular weight is 531 g/mol. The van der Waals surface area contributed by atoms with Crippen LogP contribution in [0.4, 0.5) is 0 Å². The maximum Gasteiger partial charge on any atom is 0.161 e. The summed E-state index contributed by atoms with van der Waals surface area (Å²) in [5, 5.41) is 8.28. The van der Waals surface area contributed by atoms with Crippen LogP contribution in [-0.2, 0) is 40.5 Å². The van der Waals surface area contributed by atoms with Gasteiger partial charge in [0.1, 0.15) is 29.9 Å². The van der Waals surface area contributed by atoms with Gasteiger partial charge in [-0.15, -0.1) is 0 Å². The lowest BCUT2D eigenvalue weighted by atomic mass is 10.1. The first-order valence-corrected chi connectivity index (χ1v) is 13.1. The van der Waals surface area contributed by atoms with Crippen molar-refractivity contribution in [3.8, 4) is 11.5 Å². The largest absolute Gasteiger partial charge is 0.497 e. The van der Waals surface area contributed by atoms with Gasteiger partial charge >= 0.3 is 0 Å². The highest BCUT2D eigenvalue weighted by atomic mass is 16.6. The molecule has 4 heterocycles. The van der Waals surface area contributed by atoms with E-state index in [-0.39, 0.29) is 24.7 Å². The highest BCUT2D eigenvalue weighted by Gasteiger charge is 2.43. The van der Waals surface area contributed by atoms with Crippen LogP contribution in [0.15, 0.2) is 73.1 Å². The molecule has 0 spiro atoms. The monoisotopic (exact) mass is 530 g/mol. The maximum atomic E-state index is 5.99. The first kappa shape index (κ1) is 25.6. The summed E-state index contributed by atoms with van der Waals surface area (Å²) in [5.41, 5.74) is 5.44. The summed E-state index contributed by atoms with van der Waals surface area (Å²) < 4.78 is 29.9. The van der Waals surface area contributed by atoms with Crippen molar-refractivity contribution in [3.63, 3.8) is 0 Å². The Morgan fingerprint density at radius 3 is 2.36 bits per heavy atom. The fourth-order valence-corrected chi connectivity index (χ4v) is 4.97. The molecule has 1 aromatic heterocycles. The number of ether oxygens (including phenoxy) is 5. The van der Waals surface area contributed by atoms with E-state index in [1.54, 1.807) is 21.3 Å². The number of fused-ring (bicyclic) bond motifs is 1. The van der Waals surface area contributed by atoms with Crippen molar-refractivity contribution in [1.82, 2.24) is 20.0 Å². The van der Waals surface area contributed by atoms with E-state index < -0.39 is 0 Å². The molecule has 3 aromatic rings. The number of rotatable bonds is 12. The molecule has 2 fully saturated rings. The molecule has 9 nitrogen and oxygen atoms in total. The summed E-state index contributed by atoms with van der Waals surface area (Å²) >= 11 is 0. The standard InChI is InChI=1S/C30H34N4O5/c1-35-19-26-25(28-29(39-28)31-15-22-12-23(36-2)14-24(13-22)37-3)18-34(32-26)17-21-9-7-20(8-10-21)16-33-11-5-4-6-27-30(33)38-27/h4-14,18,27-31H,15-17,19H2,1-3H3. The molecule has 0 saturated carbocycles. The zero-order valence-corrected chi connectivity index (χ0v) is 22.4. The van der Waals surface area contributed by atoms with Crippen molar-refractivity contribution in [2.75, 3.05) is 21.3 Å². The third kappa shape index (κ3) is 6.02. The van der Waals surface area contributed by atoms with Gasteiger partial charge in [-0.05, 0) is 34.9 Å². The summed E-state index contributed by atoms with van der Waals surface area (Å²) in [7, 11) is 4.99. The van der Waals surface area contributed by atoms with Crippen molar-refractivity contribution < 1.29 is 23.7 Å². The van der Waals surface area contributed by atoms with Crippen LogP contribution < -0.4 is 14.8 Å². The third-order valence-electron chi connectivity index (χ3n) is 7.12. The first-order valence-electron chi connectivity index (χ1n) is 13.1. The zero-order valence-electron chi connectivity index (χ0n) is 22.4. The molecule has 0 radical (unpaired) electrons. The lowest BCUT2D eigenvalue weighted by Crippen LogP contribution is -2.21. The number of allylic oxidation sites excluding steroid dienone is 2. The number of aromatic nitrogens is 2. The van der Waals surface area contributed by atoms with E-state index in [1.807, 2.05) is 29.0 Å². The molecule has 3 aliphatic rings. The third-order valence-corrected chi connectivity index (χ3v) is 7.12. The molecule has 204 valence electrons. The quantitative estimate of drug-likeness (QED) is 0.353. The van der Waals surface area contributed by atoms with Crippen molar-refractivity contribution >= 4 is 0 Å². The van der Waals surface area contributed by atoms with Gasteiger partial charge in [-0.2, -0.15) is 5.10 Å². The lowest BCUT2D eigenvalue weighted by molar-refractivity contribution is 0.179. The maximum absolute atomic E-state index is 5.99. The Bertz CT molecular complexity index is 1330. The van der Waals surface area contributed by atoms with Crippen LogP contribution in [0.1, 0.15) is 34.1 Å². The molecule has 0 aliphatic carbocycles. The van der Waals surface area contributed by atoms with E-state index in [0.29, 0.717) is 19.7 Å². The fourth-order valence-electron chi connectivity index (χ4n) is 4.97. The van der Waals surface area contributed by atoms with Gasteiger partial charge in [0, 0.05) is 44.2 Å². The molecule has 3 aliphatic heterocycles. The number of nitrogens with zero attached hydrogens (tertiary/aromatic N) is 3. The Morgan fingerprint density at radius 1 is 0.897 bits per heavy atom. The van der Waals surface area contributed by atoms with Crippen LogP contribution in [0.3, 0.4) is 0 Å². The molecular weight excluding hydrogens is 496 g/mol. The van der Waals surface area contributed by atoms with Gasteiger partial charge in [0.05, 0.1) is 33.1 Å². The van der Waals surface area contributed by atoms with E-state index in [4.69, 9.17) is 28.8 Å². The second-order valence-electron chi connectivity index (χ2n) is 9.95. The topological polar surface area (TPSA) is 85.8 Å². The smallest absolute Gasteiger partial charge is 0.161 e. The summed E-state index contributed by atoms with van der Waals surface area (Å²) in [6.07, 6.45) is 10.6. The lowest BCUT2D eigenvalue weighted by Gasteiger charge is -2.17. The minimum Gasteiger partial charge on any atom is -0.497 e. The van der Waals surface area contributed by atoms with Crippen molar-refractivity contribution in [2.45, 2.75) is 50.9 Å². The predicted molar refractivity (Wildman–Crippen MR) is 145 cm³/mol. The molecule has 4 unspecified atom stereocenters. The highest BCUT2D eigenvalue weighted by molar-refractivity contribution is 5.38. The van der Waals surface area contributed by atoms with Crippen LogP contribution in [0.2, 0.25) is 0 Å². The van der Waals surface area contributed by atoms with Gasteiger partial charge in [0.15, 0.2) is 6.23 Å². The van der Waals surface area contributed by atoms with Gasteiger partial charge in [-0.1, -0.05) is 36.4 Å². The Labute approximate surface area is 228 Å². The summed E-state index contributed by atoms with van der Waals surface area (Å²) in [5.74, 6) is 1.52. The van der Waals surface area contributed by atoms with Crippen molar-refractivity contribution in [3.05, 3.63) is 101 Å². The number of hydrogen-bond acceptors (Lipinski definition) is 8. The Morgan fingerprint density at radius 2 is 1.64 bits per heavy atom. The molecule has 39 heavy (non-hydrogen) atoms. The van der Waals surface area contributed by atoms with Crippen molar-refractivity contribution in [2.24, 2.45) is 0 Å². The minimum atomic E-state index is -0.0898. The van der Waals surface area contributed by atoms with Gasteiger partial charge in [-0.3, -0.25) is 10.00 Å². The summed E-state index contributed by atoms with van der Waals surface area (Å²) in [6, 6.07) is 14.5. The summed E-state index contributed by atoms with van der Waals surface area (Å²) in [4.78, 5) is 2.24. The summed E-state index contributed by atoms with van der Waals surface area (Å²) in [6.45, 7) is 2.56. The molecule has 0 amide bonds. The van der Waals surface area contributed by atoms with Crippen molar-refractivity contribution in [1.29, 1.82) is 0 Å². The number of epoxide rings is 2. The molecule has 4 atom stereocenters. The number of hydrogen-bond donors (Lipinski definition) is 1. The Kier molecular flexibility index (Phi) is 7.38. The molecule has 0 bridgehead atoms. The number of benzene rings is 2. The van der Waals surface area contributed by atoms with E-state index in [0.717, 1.165) is 34.9 Å². The first-order chi connectivity index (χ1) is 19.1. The van der Waals surface area contributed by atoms with E-state index >= 15 is 0 Å². The van der Waals surface area contributed by atoms with Crippen LogP contribution in [0.25, 0.3) is 0 Å². The van der Waals surface area contributed by atoms with E-state index in [9.17, 15) is 0 Å². The molecule has 6 rings (SSSR count).